The fourth-order valence-corrected chi connectivity index (χ4v) is 3.27. The van der Waals surface area contributed by atoms with Crippen molar-refractivity contribution in [1.29, 1.82) is 0 Å². The van der Waals surface area contributed by atoms with Crippen molar-refractivity contribution in [2.75, 3.05) is 25.6 Å². The molecule has 0 saturated carbocycles. The molecule has 0 aliphatic carbocycles. The van der Waals surface area contributed by atoms with E-state index < -0.39 is 0 Å². The highest BCUT2D eigenvalue weighted by Gasteiger charge is 2.26. The predicted molar refractivity (Wildman–Crippen MR) is 105 cm³/mol. The van der Waals surface area contributed by atoms with E-state index in [0.29, 0.717) is 46.0 Å². The van der Waals surface area contributed by atoms with Gasteiger partial charge in [0.05, 0.1) is 36.0 Å². The number of hydrogen-bond donors (Lipinski definition) is 1. The second-order valence-corrected chi connectivity index (χ2v) is 7.00. The maximum absolute atomic E-state index is 13.3. The number of methoxy groups -OCH3 is 1. The summed E-state index contributed by atoms with van der Waals surface area (Å²) in [4.78, 5) is 24.9. The van der Waals surface area contributed by atoms with Crippen LogP contribution in [0.3, 0.4) is 0 Å². The van der Waals surface area contributed by atoms with Gasteiger partial charge in [-0.15, -0.1) is 0 Å². The molecule has 1 fully saturated rings. The Hall–Kier alpha value is -2.38. The van der Waals surface area contributed by atoms with Crippen LogP contribution in [-0.2, 0) is 9.53 Å². The fraction of sp³-hybridized carbons (Fsp3) is 0.300. The van der Waals surface area contributed by atoms with Crippen LogP contribution in [0, 0.1) is 0 Å². The molecule has 1 aliphatic heterocycles. The van der Waals surface area contributed by atoms with E-state index >= 15 is 0 Å². The summed E-state index contributed by atoms with van der Waals surface area (Å²) in [5.41, 5.74) is 1.17. The van der Waals surface area contributed by atoms with Gasteiger partial charge < -0.3 is 19.5 Å². The summed E-state index contributed by atoms with van der Waals surface area (Å²) < 4.78 is 17.2. The molecule has 0 radical (unpaired) electrons. The van der Waals surface area contributed by atoms with Gasteiger partial charge in [-0.1, -0.05) is 0 Å². The second kappa shape index (κ2) is 8.54. The number of carbonyl (C=O) groups is 2. The number of amides is 1. The quantitative estimate of drug-likeness (QED) is 0.700. The van der Waals surface area contributed by atoms with E-state index in [-0.39, 0.29) is 17.8 Å². The van der Waals surface area contributed by atoms with Gasteiger partial charge in [0.15, 0.2) is 5.78 Å². The first-order valence-corrected chi connectivity index (χ1v) is 9.32. The van der Waals surface area contributed by atoms with Gasteiger partial charge in [-0.05, 0) is 52.3 Å². The van der Waals surface area contributed by atoms with Crippen LogP contribution >= 0.6 is 15.9 Å². The Morgan fingerprint density at radius 2 is 1.93 bits per heavy atom. The molecule has 0 spiro atoms. The molecule has 1 amide bonds. The lowest BCUT2D eigenvalue weighted by Gasteiger charge is -2.19. The third-order valence-corrected chi connectivity index (χ3v) is 4.80. The first-order chi connectivity index (χ1) is 13.0. The Balaban J connectivity index is 2.06. The van der Waals surface area contributed by atoms with Crippen LogP contribution in [0.25, 0.3) is 0 Å². The normalized spacial score (nSPS) is 16.0. The summed E-state index contributed by atoms with van der Waals surface area (Å²) >= 11 is 3.47. The molecule has 3 rings (SSSR count). The number of ether oxygens (including phenoxy) is 3. The molecule has 1 atom stereocenters. The van der Waals surface area contributed by atoms with E-state index in [2.05, 4.69) is 21.2 Å². The van der Waals surface area contributed by atoms with Crippen LogP contribution < -0.4 is 14.8 Å². The SMILES string of the molecule is COc1ccc(C(=O)c2c(NC(C)=O)ccc(Br)c2O[C@@H]2CCOC2)cc1. The van der Waals surface area contributed by atoms with Crippen LogP contribution in [0.4, 0.5) is 5.69 Å². The highest BCUT2D eigenvalue weighted by atomic mass is 79.9. The van der Waals surface area contributed by atoms with E-state index in [0.717, 1.165) is 6.42 Å². The van der Waals surface area contributed by atoms with Gasteiger partial charge in [0.2, 0.25) is 5.91 Å². The summed E-state index contributed by atoms with van der Waals surface area (Å²) in [5.74, 6) is 0.535. The van der Waals surface area contributed by atoms with Crippen LogP contribution in [0.2, 0.25) is 0 Å². The maximum Gasteiger partial charge on any atom is 0.221 e. The standard InChI is InChI=1S/C20H20BrNO5/c1-12(23)22-17-8-7-16(21)20(27-15-9-10-26-11-15)18(17)19(24)13-3-5-14(25-2)6-4-13/h3-8,15H,9-11H2,1-2H3,(H,22,23)/t15-/m1/s1. The van der Waals surface area contributed by atoms with Crippen molar-refractivity contribution in [3.63, 3.8) is 0 Å². The molecular weight excluding hydrogens is 414 g/mol. The third kappa shape index (κ3) is 4.48. The number of carbonyl (C=O) groups excluding carboxylic acids is 2. The van der Waals surface area contributed by atoms with Crippen molar-refractivity contribution >= 4 is 33.3 Å². The molecule has 7 heteroatoms. The van der Waals surface area contributed by atoms with Crippen molar-refractivity contribution < 1.29 is 23.8 Å². The largest absolute Gasteiger partial charge is 0.497 e. The molecule has 0 unspecified atom stereocenters. The van der Waals surface area contributed by atoms with Crippen molar-refractivity contribution in [1.82, 2.24) is 0 Å². The lowest BCUT2D eigenvalue weighted by atomic mass is 10.00. The Kier molecular flexibility index (Phi) is 6.13. The third-order valence-electron chi connectivity index (χ3n) is 4.17. The molecule has 1 saturated heterocycles. The van der Waals surface area contributed by atoms with E-state index in [4.69, 9.17) is 14.2 Å². The van der Waals surface area contributed by atoms with Gasteiger partial charge in [-0.2, -0.15) is 0 Å². The molecule has 2 aromatic carbocycles. The van der Waals surface area contributed by atoms with Gasteiger partial charge in [0.25, 0.3) is 0 Å². The zero-order valence-electron chi connectivity index (χ0n) is 15.1. The number of halogens is 1. The zero-order chi connectivity index (χ0) is 19.4. The Bertz CT molecular complexity index is 844. The van der Waals surface area contributed by atoms with Crippen LogP contribution in [0.15, 0.2) is 40.9 Å². The lowest BCUT2D eigenvalue weighted by Crippen LogP contribution is -2.20. The van der Waals surface area contributed by atoms with Gasteiger partial charge in [-0.25, -0.2) is 0 Å². The van der Waals surface area contributed by atoms with Crippen molar-refractivity contribution in [2.24, 2.45) is 0 Å². The summed E-state index contributed by atoms with van der Waals surface area (Å²) in [7, 11) is 1.57. The molecular formula is C20H20BrNO5. The lowest BCUT2D eigenvalue weighted by molar-refractivity contribution is -0.114. The molecule has 1 aliphatic rings. The Morgan fingerprint density at radius 1 is 1.19 bits per heavy atom. The average Bonchev–Trinajstić information content (AvgIpc) is 3.17. The van der Waals surface area contributed by atoms with Gasteiger partial charge in [0.1, 0.15) is 17.6 Å². The van der Waals surface area contributed by atoms with Crippen LogP contribution in [0.5, 0.6) is 11.5 Å². The molecule has 27 heavy (non-hydrogen) atoms. The number of rotatable bonds is 6. The predicted octanol–water partition coefficient (Wildman–Crippen LogP) is 3.81. The molecule has 1 heterocycles. The number of anilines is 1. The first-order valence-electron chi connectivity index (χ1n) is 8.53. The second-order valence-electron chi connectivity index (χ2n) is 6.14. The first kappa shape index (κ1) is 19.4. The van der Waals surface area contributed by atoms with E-state index in [1.165, 1.54) is 6.92 Å². The number of benzene rings is 2. The molecule has 142 valence electrons. The summed E-state index contributed by atoms with van der Waals surface area (Å²) in [6.45, 7) is 2.48. The monoisotopic (exact) mass is 433 g/mol. The van der Waals surface area contributed by atoms with E-state index in [1.807, 2.05) is 0 Å². The molecule has 1 N–H and O–H groups in total. The fourth-order valence-electron chi connectivity index (χ4n) is 2.85. The van der Waals surface area contributed by atoms with Gasteiger partial charge >= 0.3 is 0 Å². The summed E-state index contributed by atoms with van der Waals surface area (Å²) in [6, 6.07) is 10.2. The van der Waals surface area contributed by atoms with Crippen molar-refractivity contribution in [3.05, 3.63) is 52.0 Å². The Morgan fingerprint density at radius 3 is 2.52 bits per heavy atom. The average molecular weight is 434 g/mol. The maximum atomic E-state index is 13.3. The van der Waals surface area contributed by atoms with Gasteiger partial charge in [0, 0.05) is 18.9 Å². The molecule has 2 aromatic rings. The molecule has 0 aromatic heterocycles. The summed E-state index contributed by atoms with van der Waals surface area (Å²) in [6.07, 6.45) is 0.601. The zero-order valence-corrected chi connectivity index (χ0v) is 16.7. The minimum atomic E-state index is -0.267. The van der Waals surface area contributed by atoms with E-state index in [1.54, 1.807) is 43.5 Å². The van der Waals surface area contributed by atoms with Gasteiger partial charge in [-0.3, -0.25) is 9.59 Å². The van der Waals surface area contributed by atoms with Crippen molar-refractivity contribution in [3.8, 4) is 11.5 Å². The number of ketones is 1. The topological polar surface area (TPSA) is 73.9 Å². The minimum Gasteiger partial charge on any atom is -0.497 e. The van der Waals surface area contributed by atoms with Crippen LogP contribution in [-0.4, -0.2) is 38.1 Å². The summed E-state index contributed by atoms with van der Waals surface area (Å²) in [5, 5.41) is 2.72. The minimum absolute atomic E-state index is 0.142. The molecule has 0 bridgehead atoms. The van der Waals surface area contributed by atoms with Crippen molar-refractivity contribution in [2.45, 2.75) is 19.4 Å². The highest BCUT2D eigenvalue weighted by Crippen LogP contribution is 2.37. The number of nitrogens with one attached hydrogen (secondary N) is 1. The van der Waals surface area contributed by atoms with Crippen LogP contribution in [0.1, 0.15) is 29.3 Å². The Labute approximate surface area is 165 Å². The highest BCUT2D eigenvalue weighted by molar-refractivity contribution is 9.10. The van der Waals surface area contributed by atoms with E-state index in [9.17, 15) is 9.59 Å². The smallest absolute Gasteiger partial charge is 0.221 e. The number of hydrogen-bond acceptors (Lipinski definition) is 5. The molecule has 6 nitrogen and oxygen atoms in total.